The minimum Gasteiger partial charge on any atom is -0.378 e. The molecule has 1 amide bonds. The molecule has 2 aromatic carbocycles. The molecular formula is C26H29FN4O2. The van der Waals surface area contributed by atoms with Crippen LogP contribution < -0.4 is 5.32 Å². The highest BCUT2D eigenvalue weighted by atomic mass is 19.1. The minimum absolute atomic E-state index is 0.0561. The summed E-state index contributed by atoms with van der Waals surface area (Å²) >= 11 is 0. The second kappa shape index (κ2) is 8.54. The summed E-state index contributed by atoms with van der Waals surface area (Å²) in [7, 11) is 0. The number of rotatable bonds is 6. The first kappa shape index (κ1) is 20.8. The van der Waals surface area contributed by atoms with E-state index in [0.29, 0.717) is 36.9 Å². The lowest BCUT2D eigenvalue weighted by Crippen LogP contribution is -2.60. The summed E-state index contributed by atoms with van der Waals surface area (Å²) in [6.07, 6.45) is 4.06. The number of morpholine rings is 1. The topological polar surface area (TPSA) is 59.4 Å². The number of hydrogen-bond acceptors (Lipinski definition) is 4. The molecule has 3 heterocycles. The zero-order valence-corrected chi connectivity index (χ0v) is 18.6. The van der Waals surface area contributed by atoms with Crippen LogP contribution in [0, 0.1) is 11.7 Å². The number of halogens is 1. The third kappa shape index (κ3) is 4.15. The molecule has 2 saturated heterocycles. The molecule has 3 aliphatic rings. The molecule has 3 aromatic rings. The van der Waals surface area contributed by atoms with E-state index in [0.717, 1.165) is 30.3 Å². The third-order valence-corrected chi connectivity index (χ3v) is 7.32. The number of carbonyl (C=O) groups is 1. The predicted octanol–water partition coefficient (Wildman–Crippen LogP) is 3.75. The first-order valence-electron chi connectivity index (χ1n) is 12.0. The van der Waals surface area contributed by atoms with Crippen LogP contribution in [0.2, 0.25) is 0 Å². The summed E-state index contributed by atoms with van der Waals surface area (Å²) < 4.78 is 22.1. The van der Waals surface area contributed by atoms with E-state index in [9.17, 15) is 9.18 Å². The summed E-state index contributed by atoms with van der Waals surface area (Å²) in [4.78, 5) is 15.6. The maximum absolute atomic E-state index is 14.2. The summed E-state index contributed by atoms with van der Waals surface area (Å²) in [5, 5.41) is 8.89. The van der Waals surface area contributed by atoms with Gasteiger partial charge in [0.15, 0.2) is 5.69 Å². The lowest BCUT2D eigenvalue weighted by Gasteiger charge is -2.48. The van der Waals surface area contributed by atoms with Gasteiger partial charge in [-0.05, 0) is 43.7 Å². The number of amides is 1. The molecule has 6 rings (SSSR count). The molecule has 7 heteroatoms. The van der Waals surface area contributed by atoms with Crippen molar-refractivity contribution < 1.29 is 13.9 Å². The highest BCUT2D eigenvalue weighted by Crippen LogP contribution is 2.33. The van der Waals surface area contributed by atoms with Crippen LogP contribution in [0.25, 0.3) is 10.9 Å². The Labute approximate surface area is 192 Å². The van der Waals surface area contributed by atoms with Crippen molar-refractivity contribution in [1.29, 1.82) is 0 Å². The van der Waals surface area contributed by atoms with Crippen molar-refractivity contribution in [2.24, 2.45) is 5.92 Å². The normalized spacial score (nSPS) is 25.3. The second-order valence-corrected chi connectivity index (χ2v) is 9.74. The van der Waals surface area contributed by atoms with E-state index in [4.69, 9.17) is 9.84 Å². The number of benzene rings is 2. The van der Waals surface area contributed by atoms with Crippen LogP contribution in [0.4, 0.5) is 4.39 Å². The fourth-order valence-electron chi connectivity index (χ4n) is 5.42. The highest BCUT2D eigenvalue weighted by Gasteiger charge is 2.40. The first-order valence-corrected chi connectivity index (χ1v) is 12.0. The number of nitrogens with zero attached hydrogens (tertiary/aromatic N) is 3. The fraction of sp³-hybridized carbons (Fsp3) is 0.462. The van der Waals surface area contributed by atoms with Gasteiger partial charge in [-0.3, -0.25) is 14.4 Å². The van der Waals surface area contributed by atoms with Gasteiger partial charge < -0.3 is 10.1 Å². The van der Waals surface area contributed by atoms with Crippen molar-refractivity contribution in [3.8, 4) is 0 Å². The molecule has 0 spiro atoms. The van der Waals surface area contributed by atoms with E-state index in [1.165, 1.54) is 18.9 Å². The lowest BCUT2D eigenvalue weighted by atomic mass is 9.89. The van der Waals surface area contributed by atoms with Crippen molar-refractivity contribution in [2.45, 2.75) is 56.9 Å². The maximum Gasteiger partial charge on any atom is 0.272 e. The number of fused-ring (bicyclic) bond motifs is 3. The van der Waals surface area contributed by atoms with Gasteiger partial charge in [-0.15, -0.1) is 0 Å². The van der Waals surface area contributed by atoms with Gasteiger partial charge in [-0.25, -0.2) is 4.39 Å². The Morgan fingerprint density at radius 1 is 1.06 bits per heavy atom. The van der Waals surface area contributed by atoms with Crippen LogP contribution in [0.15, 0.2) is 48.5 Å². The van der Waals surface area contributed by atoms with E-state index in [2.05, 4.69) is 10.2 Å². The molecule has 172 valence electrons. The van der Waals surface area contributed by atoms with Gasteiger partial charge in [0.2, 0.25) is 0 Å². The van der Waals surface area contributed by atoms with Crippen molar-refractivity contribution >= 4 is 16.8 Å². The van der Waals surface area contributed by atoms with Gasteiger partial charge in [0.1, 0.15) is 5.82 Å². The van der Waals surface area contributed by atoms with E-state index < -0.39 is 0 Å². The zero-order valence-electron chi connectivity index (χ0n) is 18.6. The van der Waals surface area contributed by atoms with Gasteiger partial charge in [-0.2, -0.15) is 5.10 Å². The lowest BCUT2D eigenvalue weighted by molar-refractivity contribution is -0.0846. The Balaban J connectivity index is 1.18. The van der Waals surface area contributed by atoms with E-state index >= 15 is 0 Å². The number of hydrogen-bond donors (Lipinski definition) is 1. The van der Waals surface area contributed by atoms with Crippen LogP contribution in [-0.4, -0.2) is 51.9 Å². The van der Waals surface area contributed by atoms with Crippen molar-refractivity contribution in [2.75, 3.05) is 13.2 Å². The largest absolute Gasteiger partial charge is 0.378 e. The minimum atomic E-state index is -0.166. The molecule has 33 heavy (non-hydrogen) atoms. The van der Waals surface area contributed by atoms with Crippen LogP contribution in [0.1, 0.15) is 41.7 Å². The van der Waals surface area contributed by atoms with Gasteiger partial charge in [0.25, 0.3) is 5.91 Å². The molecule has 1 aromatic heterocycles. The van der Waals surface area contributed by atoms with E-state index in [1.54, 1.807) is 6.07 Å². The molecule has 6 nitrogen and oxygen atoms in total. The fourth-order valence-corrected chi connectivity index (χ4v) is 5.42. The summed E-state index contributed by atoms with van der Waals surface area (Å²) in [5.74, 6) is 0.412. The van der Waals surface area contributed by atoms with Gasteiger partial charge in [0, 0.05) is 42.2 Å². The average molecular weight is 449 g/mol. The maximum atomic E-state index is 14.2. The SMILES string of the molecule is O=C(NC1CC2COCC(C1)N2Cc1ccccc1F)c1nn(CC2CC2)c2ccccc12. The van der Waals surface area contributed by atoms with Gasteiger partial charge >= 0.3 is 0 Å². The molecule has 3 fully saturated rings. The van der Waals surface area contributed by atoms with E-state index in [-0.39, 0.29) is 29.8 Å². The number of nitrogens with one attached hydrogen (secondary N) is 1. The molecular weight excluding hydrogens is 419 g/mol. The van der Waals surface area contributed by atoms with Crippen LogP contribution in [-0.2, 0) is 17.8 Å². The molecule has 0 radical (unpaired) electrons. The standard InChI is InChI=1S/C26H29FN4O2/c27-23-7-3-1-5-18(23)14-30-20-11-19(12-21(30)16-33-15-20)28-26(32)25-22-6-2-4-8-24(22)31(29-25)13-17-9-10-17/h1-8,17,19-21H,9-16H2,(H,28,32). The summed E-state index contributed by atoms with van der Waals surface area (Å²) in [6, 6.07) is 15.3. The smallest absolute Gasteiger partial charge is 0.272 e. The van der Waals surface area contributed by atoms with Crippen LogP contribution >= 0.6 is 0 Å². The molecule has 1 N–H and O–H groups in total. The number of para-hydroxylation sites is 1. The van der Waals surface area contributed by atoms with Crippen LogP contribution in [0.3, 0.4) is 0 Å². The monoisotopic (exact) mass is 448 g/mol. The number of piperidine rings is 1. The molecule has 2 unspecified atom stereocenters. The van der Waals surface area contributed by atoms with Gasteiger partial charge in [-0.1, -0.05) is 36.4 Å². The highest BCUT2D eigenvalue weighted by molar-refractivity contribution is 6.05. The Kier molecular flexibility index (Phi) is 5.38. The Morgan fingerprint density at radius 2 is 1.79 bits per heavy atom. The quantitative estimate of drug-likeness (QED) is 0.624. The molecule has 2 aliphatic heterocycles. The number of aromatic nitrogens is 2. The first-order chi connectivity index (χ1) is 16.2. The van der Waals surface area contributed by atoms with Crippen molar-refractivity contribution in [3.63, 3.8) is 0 Å². The van der Waals surface area contributed by atoms with Gasteiger partial charge in [0.05, 0.1) is 18.7 Å². The number of ether oxygens (including phenoxy) is 1. The Hall–Kier alpha value is -2.77. The summed E-state index contributed by atoms with van der Waals surface area (Å²) in [6.45, 7) is 2.67. The third-order valence-electron chi connectivity index (χ3n) is 7.32. The van der Waals surface area contributed by atoms with Crippen molar-refractivity contribution in [3.05, 3.63) is 65.6 Å². The zero-order chi connectivity index (χ0) is 22.4. The molecule has 2 bridgehead atoms. The second-order valence-electron chi connectivity index (χ2n) is 9.74. The summed E-state index contributed by atoms with van der Waals surface area (Å²) in [5.41, 5.74) is 2.26. The van der Waals surface area contributed by atoms with Crippen molar-refractivity contribution in [1.82, 2.24) is 20.0 Å². The van der Waals surface area contributed by atoms with E-state index in [1.807, 2.05) is 41.1 Å². The number of carbonyl (C=O) groups excluding carboxylic acids is 1. The van der Waals surface area contributed by atoms with Crippen LogP contribution in [0.5, 0.6) is 0 Å². The Morgan fingerprint density at radius 3 is 2.55 bits per heavy atom. The molecule has 1 aliphatic carbocycles. The molecule has 2 atom stereocenters. The average Bonchev–Trinajstić information content (AvgIpc) is 3.55. The molecule has 1 saturated carbocycles. The predicted molar refractivity (Wildman–Crippen MR) is 123 cm³/mol. The Bertz CT molecular complexity index is 1160.